The maximum absolute atomic E-state index is 2.78. The molecule has 0 aromatic heterocycles. The smallest absolute Gasteiger partial charge is 0.0187 e. The summed E-state index contributed by atoms with van der Waals surface area (Å²) >= 11 is 0. The van der Waals surface area contributed by atoms with Crippen LogP contribution in [0.15, 0.2) is 0 Å². The Labute approximate surface area is 183 Å². The molecule has 4 saturated carbocycles. The highest BCUT2D eigenvalue weighted by molar-refractivity contribution is 5.23. The average Bonchev–Trinajstić information content (AvgIpc) is 2.78. The van der Waals surface area contributed by atoms with Crippen LogP contribution in [0.1, 0.15) is 115 Å². The van der Waals surface area contributed by atoms with Crippen molar-refractivity contribution in [2.75, 3.05) is 0 Å². The van der Waals surface area contributed by atoms with Gasteiger partial charge in [-0.2, -0.15) is 0 Å². The van der Waals surface area contributed by atoms with Gasteiger partial charge in [0.25, 0.3) is 0 Å². The van der Waals surface area contributed by atoms with E-state index in [0.717, 1.165) is 35.5 Å². The van der Waals surface area contributed by atoms with Crippen molar-refractivity contribution in [1.82, 2.24) is 0 Å². The molecule has 0 saturated heterocycles. The zero-order valence-electron chi connectivity index (χ0n) is 22.0. The zero-order chi connectivity index (χ0) is 22.0. The summed E-state index contributed by atoms with van der Waals surface area (Å²) in [5, 5.41) is 0. The molecule has 0 spiro atoms. The fourth-order valence-corrected chi connectivity index (χ4v) is 11.2. The number of rotatable bonds is 0. The van der Waals surface area contributed by atoms with Crippen molar-refractivity contribution in [3.05, 3.63) is 0 Å². The highest BCUT2D eigenvalue weighted by atomic mass is 14.8. The van der Waals surface area contributed by atoms with Gasteiger partial charge in [0, 0.05) is 0 Å². The van der Waals surface area contributed by atoms with Gasteiger partial charge in [0.2, 0.25) is 0 Å². The Hall–Kier alpha value is 0. The number of hydrogen-bond donors (Lipinski definition) is 0. The standard InChI is InChI=1S/C29H52/c1-18-17-27(10)24(5,6)13-14-26(27,9)22-16-21(4)29(12)25(7,8)19(2)15-20(3)28(29,11)23(18)22/h18-23H,13-17H2,1-12H3. The van der Waals surface area contributed by atoms with Gasteiger partial charge in [0.15, 0.2) is 0 Å². The molecule has 0 aromatic rings. The first kappa shape index (κ1) is 22.2. The fourth-order valence-electron chi connectivity index (χ4n) is 11.2. The first-order valence-electron chi connectivity index (χ1n) is 13.0. The molecule has 29 heavy (non-hydrogen) atoms. The largest absolute Gasteiger partial charge is 0.0622 e. The van der Waals surface area contributed by atoms with Crippen molar-refractivity contribution < 1.29 is 0 Å². The Morgan fingerprint density at radius 3 is 1.83 bits per heavy atom. The van der Waals surface area contributed by atoms with Crippen molar-refractivity contribution >= 4 is 0 Å². The molecule has 0 heterocycles. The van der Waals surface area contributed by atoms with Gasteiger partial charge in [-0.05, 0) is 100 Å². The molecule has 4 aliphatic rings. The first-order chi connectivity index (χ1) is 13.0. The zero-order valence-corrected chi connectivity index (χ0v) is 22.0. The van der Waals surface area contributed by atoms with Crippen LogP contribution in [0, 0.1) is 68.0 Å². The van der Waals surface area contributed by atoms with E-state index in [4.69, 9.17) is 0 Å². The molecular formula is C29H52. The Morgan fingerprint density at radius 1 is 0.655 bits per heavy atom. The van der Waals surface area contributed by atoms with Crippen molar-refractivity contribution in [3.63, 3.8) is 0 Å². The van der Waals surface area contributed by atoms with E-state index in [1.807, 2.05) is 0 Å². The van der Waals surface area contributed by atoms with Crippen molar-refractivity contribution in [2.45, 2.75) is 115 Å². The number of fused-ring (bicyclic) bond motifs is 5. The lowest BCUT2D eigenvalue weighted by atomic mass is 9.28. The minimum atomic E-state index is 0.412. The third kappa shape index (κ3) is 2.14. The van der Waals surface area contributed by atoms with E-state index in [2.05, 4.69) is 83.1 Å². The van der Waals surface area contributed by atoms with E-state index >= 15 is 0 Å². The Morgan fingerprint density at radius 2 is 1.24 bits per heavy atom. The summed E-state index contributed by atoms with van der Waals surface area (Å²) in [4.78, 5) is 0. The molecule has 10 atom stereocenters. The molecule has 4 fully saturated rings. The van der Waals surface area contributed by atoms with Crippen LogP contribution in [-0.4, -0.2) is 0 Å². The van der Waals surface area contributed by atoms with E-state index in [9.17, 15) is 0 Å². The summed E-state index contributed by atoms with van der Waals surface area (Å²) < 4.78 is 0. The van der Waals surface area contributed by atoms with Crippen LogP contribution in [0.25, 0.3) is 0 Å². The fraction of sp³-hybridized carbons (Fsp3) is 1.00. The van der Waals surface area contributed by atoms with E-state index < -0.39 is 0 Å². The predicted molar refractivity (Wildman–Crippen MR) is 127 cm³/mol. The van der Waals surface area contributed by atoms with Crippen LogP contribution in [0.4, 0.5) is 0 Å². The highest BCUT2D eigenvalue weighted by Gasteiger charge is 2.75. The molecule has 0 N–H and O–H groups in total. The third-order valence-electron chi connectivity index (χ3n) is 14.3. The van der Waals surface area contributed by atoms with Gasteiger partial charge in [-0.1, -0.05) is 83.1 Å². The second-order valence-corrected chi connectivity index (χ2v) is 14.8. The molecular weight excluding hydrogens is 348 g/mol. The summed E-state index contributed by atoms with van der Waals surface area (Å²) in [7, 11) is 0. The topological polar surface area (TPSA) is 0 Å². The summed E-state index contributed by atoms with van der Waals surface area (Å²) in [6.45, 7) is 31.9. The lowest BCUT2D eigenvalue weighted by molar-refractivity contribution is -0.288. The van der Waals surface area contributed by atoms with Gasteiger partial charge in [0.1, 0.15) is 0 Å². The predicted octanol–water partition coefficient (Wildman–Crippen LogP) is 8.85. The minimum absolute atomic E-state index is 0.412. The van der Waals surface area contributed by atoms with Crippen molar-refractivity contribution in [3.8, 4) is 0 Å². The third-order valence-corrected chi connectivity index (χ3v) is 14.3. The maximum atomic E-state index is 2.78. The first-order valence-corrected chi connectivity index (χ1v) is 13.0. The SMILES string of the molecule is CC1CC2(C)C(C)(C)CCC2(C)C2CC(C)C3(C)C(C)(C)C(C)CC(C)C3(C)C12. The van der Waals surface area contributed by atoms with E-state index in [-0.39, 0.29) is 0 Å². The molecule has 10 unspecified atom stereocenters. The molecule has 0 aromatic carbocycles. The van der Waals surface area contributed by atoms with Gasteiger partial charge in [-0.15, -0.1) is 0 Å². The average molecular weight is 401 g/mol. The molecule has 4 aliphatic carbocycles. The lowest BCUT2D eigenvalue weighted by Crippen LogP contribution is -2.71. The van der Waals surface area contributed by atoms with Gasteiger partial charge in [-0.3, -0.25) is 0 Å². The maximum Gasteiger partial charge on any atom is -0.0187 e. The monoisotopic (exact) mass is 400 g/mol. The molecule has 0 nitrogen and oxygen atoms in total. The van der Waals surface area contributed by atoms with Gasteiger partial charge < -0.3 is 0 Å². The van der Waals surface area contributed by atoms with Crippen LogP contribution in [0.2, 0.25) is 0 Å². The molecule has 0 heteroatoms. The van der Waals surface area contributed by atoms with Crippen LogP contribution >= 0.6 is 0 Å². The summed E-state index contributed by atoms with van der Waals surface area (Å²) in [5.41, 5.74) is 2.77. The molecule has 0 amide bonds. The van der Waals surface area contributed by atoms with Crippen LogP contribution in [0.3, 0.4) is 0 Å². The van der Waals surface area contributed by atoms with Crippen molar-refractivity contribution in [1.29, 1.82) is 0 Å². The molecule has 168 valence electrons. The van der Waals surface area contributed by atoms with Gasteiger partial charge in [0.05, 0.1) is 0 Å². The quantitative estimate of drug-likeness (QED) is 0.381. The summed E-state index contributed by atoms with van der Waals surface area (Å²) in [6.07, 6.45) is 7.21. The lowest BCUT2D eigenvalue weighted by Gasteiger charge is -2.77. The van der Waals surface area contributed by atoms with Crippen LogP contribution in [0.5, 0.6) is 0 Å². The van der Waals surface area contributed by atoms with Gasteiger partial charge >= 0.3 is 0 Å². The Balaban J connectivity index is 1.91. The van der Waals surface area contributed by atoms with E-state index in [1.165, 1.54) is 32.1 Å². The molecule has 4 rings (SSSR count). The second kappa shape index (κ2) is 5.86. The van der Waals surface area contributed by atoms with Crippen LogP contribution < -0.4 is 0 Å². The molecule has 0 radical (unpaired) electrons. The number of hydrogen-bond acceptors (Lipinski definition) is 0. The van der Waals surface area contributed by atoms with Crippen molar-refractivity contribution in [2.24, 2.45) is 68.0 Å². The van der Waals surface area contributed by atoms with E-state index in [1.54, 1.807) is 0 Å². The van der Waals surface area contributed by atoms with E-state index in [0.29, 0.717) is 32.5 Å². The van der Waals surface area contributed by atoms with Crippen LogP contribution in [-0.2, 0) is 0 Å². The summed E-state index contributed by atoms with van der Waals surface area (Å²) in [5.74, 6) is 5.09. The Kier molecular flexibility index (Phi) is 4.49. The highest BCUT2D eigenvalue weighted by Crippen LogP contribution is 2.81. The molecule has 0 aliphatic heterocycles. The molecule has 0 bridgehead atoms. The van der Waals surface area contributed by atoms with Gasteiger partial charge in [-0.25, -0.2) is 0 Å². The minimum Gasteiger partial charge on any atom is -0.0622 e. The Bertz CT molecular complexity index is 686. The normalized spacial score (nSPS) is 60.8. The summed E-state index contributed by atoms with van der Waals surface area (Å²) in [6, 6.07) is 0. The second-order valence-electron chi connectivity index (χ2n) is 14.8.